The number of carbonyl (C=O) groups excluding carboxylic acids is 3. The Hall–Kier alpha value is -1.63. The first-order chi connectivity index (χ1) is 9.50. The normalized spacial score (nSPS) is 20.6. The number of rotatable bonds is 5. The van der Waals surface area contributed by atoms with Crippen LogP contribution >= 0.6 is 0 Å². The number of likely N-dealkylation sites (N-methyl/N-ethyl adjacent to an activating group) is 2. The summed E-state index contributed by atoms with van der Waals surface area (Å²) in [5, 5.41) is 5.72. The highest BCUT2D eigenvalue weighted by molar-refractivity contribution is 6.09. The molecule has 1 spiro atoms. The lowest BCUT2D eigenvalue weighted by Gasteiger charge is -2.22. The molecule has 20 heavy (non-hydrogen) atoms. The molecule has 1 aliphatic carbocycles. The first kappa shape index (κ1) is 14.8. The average molecular weight is 282 g/mol. The van der Waals surface area contributed by atoms with E-state index in [0.717, 1.165) is 17.7 Å². The van der Waals surface area contributed by atoms with Gasteiger partial charge in [-0.25, -0.2) is 4.79 Å². The number of hydrogen-bond donors (Lipinski definition) is 2. The third-order valence-corrected chi connectivity index (χ3v) is 4.12. The van der Waals surface area contributed by atoms with E-state index in [0.29, 0.717) is 25.9 Å². The lowest BCUT2D eigenvalue weighted by molar-refractivity contribution is -0.138. The van der Waals surface area contributed by atoms with Crippen molar-refractivity contribution >= 4 is 17.8 Å². The summed E-state index contributed by atoms with van der Waals surface area (Å²) in [7, 11) is 3.48. The number of nitrogens with zero attached hydrogens (tertiary/aromatic N) is 2. The predicted molar refractivity (Wildman–Crippen MR) is 73.0 cm³/mol. The van der Waals surface area contributed by atoms with Crippen LogP contribution in [-0.4, -0.2) is 66.9 Å². The minimum atomic E-state index is -0.735. The van der Waals surface area contributed by atoms with Crippen LogP contribution < -0.4 is 10.6 Å². The maximum Gasteiger partial charge on any atom is 0.325 e. The standard InChI is InChI=1S/C13H22N4O3/c1-14-7-8-16(2)10(18)9-17-11(19)13(15-12(17)20)5-3-4-6-13/h14H,3-9H2,1-2H3,(H,15,20). The van der Waals surface area contributed by atoms with Crippen LogP contribution in [0.2, 0.25) is 0 Å². The van der Waals surface area contributed by atoms with E-state index in [4.69, 9.17) is 0 Å². The van der Waals surface area contributed by atoms with Crippen LogP contribution in [0, 0.1) is 0 Å². The first-order valence-electron chi connectivity index (χ1n) is 7.03. The zero-order chi connectivity index (χ0) is 14.8. The number of carbonyl (C=O) groups is 3. The quantitative estimate of drug-likeness (QED) is 0.668. The van der Waals surface area contributed by atoms with Crippen LogP contribution in [0.25, 0.3) is 0 Å². The lowest BCUT2D eigenvalue weighted by atomic mass is 9.98. The molecule has 4 amide bonds. The van der Waals surface area contributed by atoms with Crippen LogP contribution in [0.1, 0.15) is 25.7 Å². The van der Waals surface area contributed by atoms with Crippen LogP contribution in [0.4, 0.5) is 4.79 Å². The van der Waals surface area contributed by atoms with Crippen molar-refractivity contribution in [2.75, 3.05) is 33.7 Å². The summed E-state index contributed by atoms with van der Waals surface area (Å²) in [5.41, 5.74) is -0.735. The summed E-state index contributed by atoms with van der Waals surface area (Å²) in [6.45, 7) is 1.04. The van der Waals surface area contributed by atoms with Crippen LogP contribution in [0.5, 0.6) is 0 Å². The Morgan fingerprint density at radius 3 is 2.65 bits per heavy atom. The Kier molecular flexibility index (Phi) is 4.27. The third kappa shape index (κ3) is 2.63. The second-order valence-corrected chi connectivity index (χ2v) is 5.53. The highest BCUT2D eigenvalue weighted by atomic mass is 16.2. The molecule has 1 heterocycles. The smallest absolute Gasteiger partial charge is 0.325 e. The minimum Gasteiger partial charge on any atom is -0.343 e. The van der Waals surface area contributed by atoms with Gasteiger partial charge in [0.05, 0.1) is 0 Å². The van der Waals surface area contributed by atoms with Crippen LogP contribution in [0.15, 0.2) is 0 Å². The van der Waals surface area contributed by atoms with Gasteiger partial charge in [-0.15, -0.1) is 0 Å². The van der Waals surface area contributed by atoms with Crippen molar-refractivity contribution in [2.45, 2.75) is 31.2 Å². The van der Waals surface area contributed by atoms with Gasteiger partial charge in [0.1, 0.15) is 12.1 Å². The van der Waals surface area contributed by atoms with Gasteiger partial charge in [0.25, 0.3) is 5.91 Å². The molecular weight excluding hydrogens is 260 g/mol. The number of hydrogen-bond acceptors (Lipinski definition) is 4. The fourth-order valence-corrected chi connectivity index (χ4v) is 2.80. The molecule has 7 nitrogen and oxygen atoms in total. The predicted octanol–water partition coefficient (Wildman–Crippen LogP) is -0.471. The van der Waals surface area contributed by atoms with E-state index < -0.39 is 11.6 Å². The van der Waals surface area contributed by atoms with E-state index in [2.05, 4.69) is 10.6 Å². The Morgan fingerprint density at radius 1 is 1.40 bits per heavy atom. The molecule has 2 aliphatic rings. The van der Waals surface area contributed by atoms with E-state index in [1.165, 1.54) is 4.90 Å². The summed E-state index contributed by atoms with van der Waals surface area (Å²) in [6, 6.07) is -0.438. The van der Waals surface area contributed by atoms with Crippen molar-refractivity contribution < 1.29 is 14.4 Å². The molecule has 0 aromatic heterocycles. The van der Waals surface area contributed by atoms with Crippen LogP contribution in [-0.2, 0) is 9.59 Å². The molecule has 1 saturated carbocycles. The van der Waals surface area contributed by atoms with E-state index in [1.807, 2.05) is 0 Å². The van der Waals surface area contributed by atoms with Gasteiger partial charge in [-0.2, -0.15) is 0 Å². The van der Waals surface area contributed by atoms with Crippen molar-refractivity contribution in [3.8, 4) is 0 Å². The van der Waals surface area contributed by atoms with Gasteiger partial charge in [0.15, 0.2) is 0 Å². The molecule has 2 rings (SSSR count). The Balaban J connectivity index is 1.97. The second-order valence-electron chi connectivity index (χ2n) is 5.53. The molecular formula is C13H22N4O3. The van der Waals surface area contributed by atoms with Gasteiger partial charge in [-0.05, 0) is 19.9 Å². The summed E-state index contributed by atoms with van der Waals surface area (Å²) in [4.78, 5) is 38.9. The maximum absolute atomic E-state index is 12.4. The highest BCUT2D eigenvalue weighted by Gasteiger charge is 2.52. The molecule has 7 heteroatoms. The first-order valence-corrected chi connectivity index (χ1v) is 7.03. The van der Waals surface area contributed by atoms with Crippen molar-refractivity contribution in [2.24, 2.45) is 0 Å². The molecule has 1 saturated heterocycles. The molecule has 112 valence electrons. The summed E-state index contributed by atoms with van der Waals surface area (Å²) < 4.78 is 0. The maximum atomic E-state index is 12.4. The highest BCUT2D eigenvalue weighted by Crippen LogP contribution is 2.34. The molecule has 0 aromatic carbocycles. The van der Waals surface area contributed by atoms with Crippen molar-refractivity contribution in [1.82, 2.24) is 20.4 Å². The lowest BCUT2D eigenvalue weighted by Crippen LogP contribution is -2.46. The van der Waals surface area contributed by atoms with E-state index in [9.17, 15) is 14.4 Å². The molecule has 2 fully saturated rings. The van der Waals surface area contributed by atoms with Crippen molar-refractivity contribution in [3.63, 3.8) is 0 Å². The van der Waals surface area contributed by atoms with E-state index in [1.54, 1.807) is 14.1 Å². The fraction of sp³-hybridized carbons (Fsp3) is 0.769. The molecule has 2 N–H and O–H groups in total. The Morgan fingerprint density at radius 2 is 2.05 bits per heavy atom. The van der Waals surface area contributed by atoms with Crippen LogP contribution in [0.3, 0.4) is 0 Å². The summed E-state index contributed by atoms with van der Waals surface area (Å²) in [5.74, 6) is -0.464. The monoisotopic (exact) mass is 282 g/mol. The zero-order valence-corrected chi connectivity index (χ0v) is 12.1. The Bertz CT molecular complexity index is 418. The third-order valence-electron chi connectivity index (χ3n) is 4.12. The van der Waals surface area contributed by atoms with E-state index >= 15 is 0 Å². The number of nitrogens with one attached hydrogen (secondary N) is 2. The minimum absolute atomic E-state index is 0.174. The van der Waals surface area contributed by atoms with E-state index in [-0.39, 0.29) is 18.4 Å². The molecule has 1 aliphatic heterocycles. The largest absolute Gasteiger partial charge is 0.343 e. The SMILES string of the molecule is CNCCN(C)C(=O)CN1C(=O)NC2(CCCC2)C1=O. The molecule has 0 bridgehead atoms. The topological polar surface area (TPSA) is 81.8 Å². The number of amides is 4. The van der Waals surface area contributed by atoms with Gasteiger partial charge in [0, 0.05) is 20.1 Å². The summed E-state index contributed by atoms with van der Waals surface area (Å²) in [6.07, 6.45) is 3.24. The van der Waals surface area contributed by atoms with Gasteiger partial charge in [-0.3, -0.25) is 14.5 Å². The van der Waals surface area contributed by atoms with Gasteiger partial charge >= 0.3 is 6.03 Å². The zero-order valence-electron chi connectivity index (χ0n) is 12.1. The van der Waals surface area contributed by atoms with Crippen molar-refractivity contribution in [3.05, 3.63) is 0 Å². The molecule has 0 unspecified atom stereocenters. The van der Waals surface area contributed by atoms with Gasteiger partial charge in [0.2, 0.25) is 5.91 Å². The average Bonchev–Trinajstić information content (AvgIpc) is 2.97. The molecule has 0 radical (unpaired) electrons. The Labute approximate surface area is 118 Å². The van der Waals surface area contributed by atoms with Crippen molar-refractivity contribution in [1.29, 1.82) is 0 Å². The number of imide groups is 1. The molecule has 0 aromatic rings. The van der Waals surface area contributed by atoms with Gasteiger partial charge in [-0.1, -0.05) is 12.8 Å². The summed E-state index contributed by atoms with van der Waals surface area (Å²) >= 11 is 0. The molecule has 0 atom stereocenters. The van der Waals surface area contributed by atoms with Gasteiger partial charge < -0.3 is 15.5 Å². The second kappa shape index (κ2) is 5.78. The fourth-order valence-electron chi connectivity index (χ4n) is 2.80. The number of urea groups is 1.